The van der Waals surface area contributed by atoms with E-state index in [0.29, 0.717) is 16.3 Å². The monoisotopic (exact) mass is 386 g/mol. The zero-order valence-corrected chi connectivity index (χ0v) is 16.3. The molecule has 24 heavy (non-hydrogen) atoms. The number of hydrogen-bond acceptors (Lipinski definition) is 7. The number of hydrogen-bond donors (Lipinski definition) is 0. The zero-order chi connectivity index (χ0) is 16.5. The highest BCUT2D eigenvalue weighted by atomic mass is 35.5. The van der Waals surface area contributed by atoms with E-state index in [0.717, 1.165) is 68.3 Å². The fourth-order valence-corrected chi connectivity index (χ4v) is 6.51. The number of rotatable bonds is 4. The number of fused-ring (bicyclic) bond motifs is 3. The van der Waals surface area contributed by atoms with E-state index < -0.39 is 0 Å². The highest BCUT2D eigenvalue weighted by Crippen LogP contribution is 2.50. The first-order valence-electron chi connectivity index (χ1n) is 8.56. The minimum absolute atomic E-state index is 0.529. The van der Waals surface area contributed by atoms with Gasteiger partial charge in [-0.3, -0.25) is 4.90 Å². The lowest BCUT2D eigenvalue weighted by atomic mass is 9.91. The van der Waals surface area contributed by atoms with Gasteiger partial charge in [0, 0.05) is 48.7 Å². The molecule has 0 aromatic carbocycles. The van der Waals surface area contributed by atoms with Gasteiger partial charge in [0.2, 0.25) is 0 Å². The summed E-state index contributed by atoms with van der Waals surface area (Å²) >= 11 is 10.2. The van der Waals surface area contributed by atoms with E-state index >= 15 is 0 Å². The third kappa shape index (κ3) is 3.71. The van der Waals surface area contributed by atoms with Crippen LogP contribution in [-0.2, 0) is 4.74 Å². The summed E-state index contributed by atoms with van der Waals surface area (Å²) in [4.78, 5) is 14.2. The second-order valence-electron chi connectivity index (χ2n) is 6.63. The lowest BCUT2D eigenvalue weighted by molar-refractivity contribution is 0.0410. The molecule has 0 saturated carbocycles. The van der Waals surface area contributed by atoms with Gasteiger partial charge in [-0.25, -0.2) is 9.97 Å². The van der Waals surface area contributed by atoms with Crippen molar-refractivity contribution in [1.82, 2.24) is 19.8 Å². The Hall–Kier alpha value is -0.0500. The van der Waals surface area contributed by atoms with E-state index in [9.17, 15) is 0 Å². The van der Waals surface area contributed by atoms with Crippen molar-refractivity contribution >= 4 is 35.1 Å². The van der Waals surface area contributed by atoms with E-state index in [2.05, 4.69) is 21.8 Å². The Balaban J connectivity index is 1.40. The SMILES string of the molecule is CN1CCC2c3c(Cl)nc(SCCN4CCOCC4)nc3SC2C1. The number of morpholine rings is 1. The van der Waals surface area contributed by atoms with Gasteiger partial charge in [-0.2, -0.15) is 0 Å². The number of nitrogens with zero attached hydrogens (tertiary/aromatic N) is 4. The van der Waals surface area contributed by atoms with Gasteiger partial charge in [-0.1, -0.05) is 23.4 Å². The minimum Gasteiger partial charge on any atom is -0.379 e. The number of thioether (sulfide) groups is 2. The second kappa shape index (κ2) is 7.68. The maximum absolute atomic E-state index is 6.54. The number of likely N-dealkylation sites (tertiary alicyclic amines) is 1. The molecule has 2 saturated heterocycles. The average Bonchev–Trinajstić information content (AvgIpc) is 2.93. The van der Waals surface area contributed by atoms with Gasteiger partial charge in [0.25, 0.3) is 0 Å². The van der Waals surface area contributed by atoms with Crippen molar-refractivity contribution in [2.24, 2.45) is 0 Å². The first kappa shape index (κ1) is 17.4. The van der Waals surface area contributed by atoms with Crippen LogP contribution >= 0.6 is 35.1 Å². The molecule has 1 aromatic heterocycles. The Bertz CT molecular complexity index is 600. The summed E-state index contributed by atoms with van der Waals surface area (Å²) in [5, 5.41) is 3.21. The highest BCUT2D eigenvalue weighted by Gasteiger charge is 2.40. The van der Waals surface area contributed by atoms with Crippen molar-refractivity contribution in [3.63, 3.8) is 0 Å². The van der Waals surface area contributed by atoms with Crippen molar-refractivity contribution in [1.29, 1.82) is 0 Å². The summed E-state index contributed by atoms with van der Waals surface area (Å²) in [7, 11) is 2.19. The molecule has 0 amide bonds. The van der Waals surface area contributed by atoms with Crippen LogP contribution in [0.1, 0.15) is 17.9 Å². The third-order valence-electron chi connectivity index (χ3n) is 4.98. The van der Waals surface area contributed by atoms with E-state index in [1.807, 2.05) is 11.8 Å². The molecule has 4 rings (SSSR count). The molecular weight excluding hydrogens is 364 g/mol. The number of ether oxygens (including phenoxy) is 1. The van der Waals surface area contributed by atoms with Gasteiger partial charge in [0.15, 0.2) is 5.16 Å². The van der Waals surface area contributed by atoms with E-state index in [1.54, 1.807) is 11.8 Å². The molecule has 0 radical (unpaired) electrons. The summed E-state index contributed by atoms with van der Waals surface area (Å²) < 4.78 is 5.39. The quantitative estimate of drug-likeness (QED) is 0.447. The van der Waals surface area contributed by atoms with Crippen LogP contribution < -0.4 is 0 Å². The Morgan fingerprint density at radius 3 is 2.96 bits per heavy atom. The van der Waals surface area contributed by atoms with Crippen LogP contribution in [0.2, 0.25) is 5.15 Å². The van der Waals surface area contributed by atoms with Crippen LogP contribution in [0.25, 0.3) is 0 Å². The number of halogens is 1. The van der Waals surface area contributed by atoms with Gasteiger partial charge < -0.3 is 9.64 Å². The fourth-order valence-electron chi connectivity index (χ4n) is 3.63. The van der Waals surface area contributed by atoms with Crippen LogP contribution in [0.15, 0.2) is 10.2 Å². The summed E-state index contributed by atoms with van der Waals surface area (Å²) in [6.45, 7) is 7.04. The van der Waals surface area contributed by atoms with Crippen molar-refractivity contribution in [3.8, 4) is 0 Å². The molecule has 3 aliphatic heterocycles. The van der Waals surface area contributed by atoms with E-state index in [4.69, 9.17) is 21.3 Å². The van der Waals surface area contributed by atoms with Crippen molar-refractivity contribution < 1.29 is 4.74 Å². The molecule has 5 nitrogen and oxygen atoms in total. The lowest BCUT2D eigenvalue weighted by Crippen LogP contribution is -2.37. The predicted molar refractivity (Wildman–Crippen MR) is 99.5 cm³/mol. The Morgan fingerprint density at radius 1 is 1.29 bits per heavy atom. The molecule has 0 N–H and O–H groups in total. The molecule has 3 aliphatic rings. The first-order chi connectivity index (χ1) is 11.7. The predicted octanol–water partition coefficient (Wildman–Crippen LogP) is 2.45. The molecule has 0 spiro atoms. The normalized spacial score (nSPS) is 27.9. The van der Waals surface area contributed by atoms with Gasteiger partial charge in [-0.15, -0.1) is 11.8 Å². The molecule has 1 aromatic rings. The minimum atomic E-state index is 0.529. The molecule has 4 heterocycles. The largest absolute Gasteiger partial charge is 0.379 e. The van der Waals surface area contributed by atoms with Crippen LogP contribution in [0.5, 0.6) is 0 Å². The van der Waals surface area contributed by atoms with Gasteiger partial charge in [0.05, 0.1) is 13.2 Å². The highest BCUT2D eigenvalue weighted by molar-refractivity contribution is 8.00. The molecule has 2 atom stereocenters. The van der Waals surface area contributed by atoms with Crippen LogP contribution in [0.3, 0.4) is 0 Å². The smallest absolute Gasteiger partial charge is 0.190 e. The maximum atomic E-state index is 6.54. The third-order valence-corrected chi connectivity index (χ3v) is 7.41. The molecule has 2 fully saturated rings. The standard InChI is InChI=1S/C16H23ClN4OS2/c1-20-3-2-11-12(10-20)24-15-13(11)14(17)18-16(19-15)23-9-6-21-4-7-22-8-5-21/h11-12H,2-10H2,1H3. The summed E-state index contributed by atoms with van der Waals surface area (Å²) in [6.07, 6.45) is 1.16. The van der Waals surface area contributed by atoms with E-state index in [-0.39, 0.29) is 0 Å². The molecule has 8 heteroatoms. The Kier molecular flexibility index (Phi) is 5.56. The van der Waals surface area contributed by atoms with Crippen molar-refractivity contribution in [2.75, 3.05) is 58.7 Å². The molecule has 0 aliphatic carbocycles. The summed E-state index contributed by atoms with van der Waals surface area (Å²) in [5.74, 6) is 1.52. The molecular formula is C16H23ClN4OS2. The van der Waals surface area contributed by atoms with Gasteiger partial charge in [-0.05, 0) is 20.0 Å². The van der Waals surface area contributed by atoms with E-state index in [1.165, 1.54) is 5.56 Å². The van der Waals surface area contributed by atoms with Gasteiger partial charge >= 0.3 is 0 Å². The molecule has 0 bridgehead atoms. The fraction of sp³-hybridized carbons (Fsp3) is 0.750. The van der Waals surface area contributed by atoms with Crippen molar-refractivity contribution in [2.45, 2.75) is 27.8 Å². The van der Waals surface area contributed by atoms with Crippen LogP contribution in [-0.4, -0.2) is 83.8 Å². The average molecular weight is 387 g/mol. The van der Waals surface area contributed by atoms with Crippen LogP contribution in [0, 0.1) is 0 Å². The summed E-state index contributed by atoms with van der Waals surface area (Å²) in [6, 6.07) is 0. The maximum Gasteiger partial charge on any atom is 0.190 e. The molecule has 2 unspecified atom stereocenters. The summed E-state index contributed by atoms with van der Waals surface area (Å²) in [5.41, 5.74) is 1.21. The first-order valence-corrected chi connectivity index (χ1v) is 10.8. The Morgan fingerprint density at radius 2 is 2.12 bits per heavy atom. The van der Waals surface area contributed by atoms with Crippen LogP contribution in [0.4, 0.5) is 0 Å². The zero-order valence-electron chi connectivity index (χ0n) is 13.9. The molecule has 132 valence electrons. The van der Waals surface area contributed by atoms with Gasteiger partial charge in [0.1, 0.15) is 10.2 Å². The Labute approximate surface area is 156 Å². The number of piperidine rings is 1. The van der Waals surface area contributed by atoms with Crippen molar-refractivity contribution in [3.05, 3.63) is 10.7 Å². The lowest BCUT2D eigenvalue weighted by Gasteiger charge is -2.31. The second-order valence-corrected chi connectivity index (χ2v) is 9.28. The topological polar surface area (TPSA) is 41.5 Å². The number of aromatic nitrogens is 2.